The first kappa shape index (κ1) is 12.1. The summed E-state index contributed by atoms with van der Waals surface area (Å²) in [5.41, 5.74) is -2.66. The Morgan fingerprint density at radius 1 is 1.62 bits per heavy atom. The normalized spacial score (nSPS) is 14.0. The first-order valence-electron chi connectivity index (χ1n) is 3.37. The maximum absolute atomic E-state index is 13.2. The Morgan fingerprint density at radius 3 is 2.62 bits per heavy atom. The molecule has 0 aliphatic carbocycles. The zero-order valence-corrected chi connectivity index (χ0v) is 7.45. The number of halogens is 1. The van der Waals surface area contributed by atoms with Crippen molar-refractivity contribution in [1.82, 2.24) is 4.98 Å². The molecule has 0 spiro atoms. The molecular formula is C8H7FLiNO2. The molecule has 0 radical (unpaired) electrons. The third-order valence-electron chi connectivity index (χ3n) is 1.53. The molecule has 64 valence electrons. The second kappa shape index (κ2) is 4.40. The number of carboxylic acid groups (broad SMARTS) is 1. The molecule has 3 nitrogen and oxygen atoms in total. The summed E-state index contributed by atoms with van der Waals surface area (Å²) in [4.78, 5) is 13.9. The van der Waals surface area contributed by atoms with E-state index in [0.717, 1.165) is 6.92 Å². The fourth-order valence-electron chi connectivity index (χ4n) is 0.745. The molecule has 0 aliphatic rings. The van der Waals surface area contributed by atoms with Crippen LogP contribution in [0.15, 0.2) is 24.4 Å². The molecule has 0 aromatic carbocycles. The minimum absolute atomic E-state index is 0. The minimum atomic E-state index is -2.51. The molecule has 0 aliphatic heterocycles. The molecule has 0 saturated heterocycles. The number of rotatable bonds is 2. The van der Waals surface area contributed by atoms with Crippen molar-refractivity contribution in [3.05, 3.63) is 30.1 Å². The van der Waals surface area contributed by atoms with Gasteiger partial charge in [0.25, 0.3) is 0 Å². The van der Waals surface area contributed by atoms with E-state index < -0.39 is 11.6 Å². The number of hydrogen-bond acceptors (Lipinski definition) is 3. The molecule has 1 heterocycles. The van der Waals surface area contributed by atoms with Crippen LogP contribution in [0.25, 0.3) is 0 Å². The molecule has 13 heavy (non-hydrogen) atoms. The molecule has 0 amide bonds. The molecule has 0 fully saturated rings. The largest absolute Gasteiger partial charge is 1.00 e. The number of carbonyl (C=O) groups excluding carboxylic acids is 1. The molecule has 0 saturated carbocycles. The van der Waals surface area contributed by atoms with Crippen LogP contribution in [0.1, 0.15) is 12.6 Å². The number of aliphatic carboxylic acids is 1. The summed E-state index contributed by atoms with van der Waals surface area (Å²) in [5.74, 6) is -1.78. The Balaban J connectivity index is 0.00000144. The molecule has 0 bridgehead atoms. The van der Waals surface area contributed by atoms with Gasteiger partial charge in [-0.15, -0.1) is 0 Å². The van der Waals surface area contributed by atoms with Crippen LogP contribution < -0.4 is 24.0 Å². The van der Waals surface area contributed by atoms with Crippen LogP contribution in [0.3, 0.4) is 0 Å². The van der Waals surface area contributed by atoms with E-state index in [0.29, 0.717) is 0 Å². The average Bonchev–Trinajstić information content (AvgIpc) is 2.06. The average molecular weight is 175 g/mol. The maximum atomic E-state index is 13.2. The van der Waals surface area contributed by atoms with Gasteiger partial charge >= 0.3 is 18.9 Å². The smallest absolute Gasteiger partial charge is 0.546 e. The van der Waals surface area contributed by atoms with Gasteiger partial charge in [0.15, 0.2) is 5.67 Å². The van der Waals surface area contributed by atoms with E-state index in [1.54, 1.807) is 6.07 Å². The first-order chi connectivity index (χ1) is 5.55. The molecule has 1 aromatic heterocycles. The van der Waals surface area contributed by atoms with Crippen LogP contribution in [-0.2, 0) is 10.5 Å². The van der Waals surface area contributed by atoms with Crippen LogP contribution in [0.2, 0.25) is 0 Å². The standard InChI is InChI=1S/C8H8FNO2.Li/c1-8(9,7(11)12)6-4-2-3-5-10-6;/h2-5H,1H3,(H,11,12);/q;+1/p-1. The van der Waals surface area contributed by atoms with E-state index >= 15 is 0 Å². The summed E-state index contributed by atoms with van der Waals surface area (Å²) >= 11 is 0. The van der Waals surface area contributed by atoms with Gasteiger partial charge in [-0.25, -0.2) is 4.39 Å². The van der Waals surface area contributed by atoms with Crippen molar-refractivity contribution in [3.8, 4) is 0 Å². The molecule has 1 unspecified atom stereocenters. The van der Waals surface area contributed by atoms with E-state index in [4.69, 9.17) is 0 Å². The van der Waals surface area contributed by atoms with Crippen LogP contribution in [0.4, 0.5) is 4.39 Å². The van der Waals surface area contributed by atoms with Gasteiger partial charge in [0.05, 0.1) is 11.7 Å². The number of carbonyl (C=O) groups is 1. The molecule has 0 N–H and O–H groups in total. The van der Waals surface area contributed by atoms with Crippen molar-refractivity contribution in [1.29, 1.82) is 0 Å². The van der Waals surface area contributed by atoms with E-state index in [1.807, 2.05) is 0 Å². The van der Waals surface area contributed by atoms with Crippen molar-refractivity contribution in [2.45, 2.75) is 12.6 Å². The number of nitrogens with zero attached hydrogens (tertiary/aromatic N) is 1. The van der Waals surface area contributed by atoms with Crippen molar-refractivity contribution in [2.24, 2.45) is 0 Å². The van der Waals surface area contributed by atoms with Gasteiger partial charge in [-0.05, 0) is 19.1 Å². The van der Waals surface area contributed by atoms with Gasteiger partial charge in [0.1, 0.15) is 0 Å². The zero-order chi connectivity index (χ0) is 9.19. The maximum Gasteiger partial charge on any atom is 1.00 e. The van der Waals surface area contributed by atoms with Gasteiger partial charge in [-0.1, -0.05) is 6.07 Å². The van der Waals surface area contributed by atoms with E-state index in [1.165, 1.54) is 18.3 Å². The van der Waals surface area contributed by atoms with Crippen LogP contribution in [0.5, 0.6) is 0 Å². The summed E-state index contributed by atoms with van der Waals surface area (Å²) < 4.78 is 13.2. The second-order valence-electron chi connectivity index (χ2n) is 2.51. The van der Waals surface area contributed by atoms with Crippen molar-refractivity contribution in [2.75, 3.05) is 0 Å². The number of alkyl halides is 1. The summed E-state index contributed by atoms with van der Waals surface area (Å²) in [5, 5.41) is 10.3. The molecule has 1 aromatic rings. The molecule has 5 heteroatoms. The Labute approximate surface area is 87.2 Å². The van der Waals surface area contributed by atoms with Crippen LogP contribution >= 0.6 is 0 Å². The summed E-state index contributed by atoms with van der Waals surface area (Å²) in [6.45, 7) is 0.907. The third kappa shape index (κ3) is 2.54. The monoisotopic (exact) mass is 175 g/mol. The number of hydrogen-bond donors (Lipinski definition) is 0. The van der Waals surface area contributed by atoms with E-state index in [-0.39, 0.29) is 24.6 Å². The van der Waals surface area contributed by atoms with Gasteiger partial charge in [0.2, 0.25) is 0 Å². The molecule has 1 rings (SSSR count). The van der Waals surface area contributed by atoms with Crippen molar-refractivity contribution in [3.63, 3.8) is 0 Å². The van der Waals surface area contributed by atoms with Crippen molar-refractivity contribution < 1.29 is 33.2 Å². The van der Waals surface area contributed by atoms with Crippen molar-refractivity contribution >= 4 is 5.97 Å². The third-order valence-corrected chi connectivity index (χ3v) is 1.53. The Morgan fingerprint density at radius 2 is 2.23 bits per heavy atom. The van der Waals surface area contributed by atoms with E-state index in [9.17, 15) is 14.3 Å². The predicted octanol–water partition coefficient (Wildman–Crippen LogP) is -2.98. The number of pyridine rings is 1. The fourth-order valence-corrected chi connectivity index (χ4v) is 0.745. The molecular weight excluding hydrogens is 168 g/mol. The first-order valence-corrected chi connectivity index (χ1v) is 3.37. The topological polar surface area (TPSA) is 53.0 Å². The van der Waals surface area contributed by atoms with Gasteiger partial charge in [-0.3, -0.25) is 4.98 Å². The number of aromatic nitrogens is 1. The SMILES string of the molecule is CC(F)(C(=O)[O-])c1ccccn1.[Li+]. The number of carboxylic acids is 1. The summed E-state index contributed by atoms with van der Waals surface area (Å²) in [7, 11) is 0. The van der Waals surface area contributed by atoms with Crippen LogP contribution in [-0.4, -0.2) is 11.0 Å². The minimum Gasteiger partial charge on any atom is -0.546 e. The fraction of sp³-hybridized carbons (Fsp3) is 0.250. The Bertz CT molecular complexity index is 289. The Hall–Kier alpha value is -0.853. The molecule has 1 atom stereocenters. The predicted molar refractivity (Wildman–Crippen MR) is 37.7 cm³/mol. The van der Waals surface area contributed by atoms with E-state index in [2.05, 4.69) is 4.98 Å². The quantitative estimate of drug-likeness (QED) is 0.451. The summed E-state index contributed by atoms with van der Waals surface area (Å²) in [6, 6.07) is 4.40. The van der Waals surface area contributed by atoms with Gasteiger partial charge in [0, 0.05) is 6.20 Å². The van der Waals surface area contributed by atoms with Crippen LogP contribution in [0, 0.1) is 0 Å². The van der Waals surface area contributed by atoms with Gasteiger partial charge < -0.3 is 9.90 Å². The second-order valence-corrected chi connectivity index (χ2v) is 2.51. The zero-order valence-electron chi connectivity index (χ0n) is 7.45. The van der Waals surface area contributed by atoms with Gasteiger partial charge in [-0.2, -0.15) is 0 Å². The Kier molecular flexibility index (Phi) is 4.11. The summed E-state index contributed by atoms with van der Waals surface area (Å²) in [6.07, 6.45) is 1.33.